The van der Waals surface area contributed by atoms with Crippen LogP contribution in [-0.2, 0) is 4.79 Å². The Kier molecular flexibility index (Phi) is 9.43. The number of fused-ring (bicyclic) bond motifs is 2. The zero-order valence-electron chi connectivity index (χ0n) is 22.1. The number of piperazine rings is 1. The van der Waals surface area contributed by atoms with E-state index in [0.29, 0.717) is 13.1 Å². The highest BCUT2D eigenvalue weighted by Gasteiger charge is 2.46. The first kappa shape index (κ1) is 26.2. The summed E-state index contributed by atoms with van der Waals surface area (Å²) in [6.07, 6.45) is 8.71. The first-order chi connectivity index (χ1) is 17.6. The van der Waals surface area contributed by atoms with Crippen LogP contribution in [0.5, 0.6) is 0 Å². The Balaban J connectivity index is 1.49. The molecule has 5 nitrogen and oxygen atoms in total. The third-order valence-corrected chi connectivity index (χ3v) is 7.85. The maximum absolute atomic E-state index is 14.1. The van der Waals surface area contributed by atoms with E-state index in [1.807, 2.05) is 41.3 Å². The van der Waals surface area contributed by atoms with Gasteiger partial charge in [0.1, 0.15) is 0 Å². The van der Waals surface area contributed by atoms with Gasteiger partial charge in [0.15, 0.2) is 0 Å². The summed E-state index contributed by atoms with van der Waals surface area (Å²) in [5, 5.41) is 0. The molecule has 2 aromatic carbocycles. The van der Waals surface area contributed by atoms with Crippen molar-refractivity contribution in [3.05, 3.63) is 71.8 Å². The molecule has 0 aromatic heterocycles. The molecule has 2 aromatic rings. The van der Waals surface area contributed by atoms with Gasteiger partial charge in [-0.3, -0.25) is 4.79 Å². The van der Waals surface area contributed by atoms with Crippen LogP contribution in [0.1, 0.15) is 82.3 Å². The van der Waals surface area contributed by atoms with Gasteiger partial charge >= 0.3 is 6.03 Å². The molecule has 3 amide bonds. The van der Waals surface area contributed by atoms with Crippen LogP contribution >= 0.6 is 0 Å². The standard InChI is InChI=1S/C31H43N3O2/c1-3-5-13-21-32(22-14-6-4-2)31(36)33-23-27-19-20-28(24-33)34(27)30(35)29(25-15-9-7-10-16-25)26-17-11-8-12-18-26/h7-12,15-18,27-29H,3-6,13-14,19-24H2,1-2H3. The van der Waals surface area contributed by atoms with Gasteiger partial charge in [-0.05, 0) is 36.8 Å². The predicted molar refractivity (Wildman–Crippen MR) is 146 cm³/mol. The van der Waals surface area contributed by atoms with E-state index in [9.17, 15) is 9.59 Å². The Bertz CT molecular complexity index is 901. The van der Waals surface area contributed by atoms with Crippen LogP contribution in [0, 0.1) is 0 Å². The van der Waals surface area contributed by atoms with Gasteiger partial charge in [-0.15, -0.1) is 0 Å². The van der Waals surface area contributed by atoms with E-state index in [1.165, 1.54) is 0 Å². The van der Waals surface area contributed by atoms with E-state index >= 15 is 0 Å². The van der Waals surface area contributed by atoms with Crippen LogP contribution in [0.2, 0.25) is 0 Å². The number of likely N-dealkylation sites (tertiary alicyclic amines) is 1. The molecular weight excluding hydrogens is 446 g/mol. The number of amides is 3. The number of urea groups is 1. The zero-order chi connectivity index (χ0) is 25.3. The van der Waals surface area contributed by atoms with Crippen molar-refractivity contribution in [1.82, 2.24) is 14.7 Å². The molecule has 2 fully saturated rings. The summed E-state index contributed by atoms with van der Waals surface area (Å²) in [5.74, 6) is -0.132. The summed E-state index contributed by atoms with van der Waals surface area (Å²) in [5.41, 5.74) is 2.06. The lowest BCUT2D eigenvalue weighted by Gasteiger charge is -2.44. The van der Waals surface area contributed by atoms with Crippen molar-refractivity contribution >= 4 is 11.9 Å². The van der Waals surface area contributed by atoms with Gasteiger partial charge in [0.2, 0.25) is 5.91 Å². The van der Waals surface area contributed by atoms with Crippen molar-refractivity contribution in [2.24, 2.45) is 0 Å². The van der Waals surface area contributed by atoms with Crippen LogP contribution in [0.15, 0.2) is 60.7 Å². The highest BCUT2D eigenvalue weighted by molar-refractivity contribution is 5.88. The summed E-state index contributed by atoms with van der Waals surface area (Å²) in [6, 6.07) is 20.6. The third-order valence-electron chi connectivity index (χ3n) is 7.85. The van der Waals surface area contributed by atoms with Gasteiger partial charge in [0, 0.05) is 38.3 Å². The predicted octanol–water partition coefficient (Wildman–Crippen LogP) is 6.30. The molecule has 2 unspecified atom stereocenters. The molecule has 36 heavy (non-hydrogen) atoms. The molecule has 2 aliphatic heterocycles. The molecule has 194 valence electrons. The summed E-state index contributed by atoms with van der Waals surface area (Å²) >= 11 is 0. The average Bonchev–Trinajstić information content (AvgIpc) is 3.18. The van der Waals surface area contributed by atoms with Crippen molar-refractivity contribution in [1.29, 1.82) is 0 Å². The smallest absolute Gasteiger partial charge is 0.320 e. The largest absolute Gasteiger partial charge is 0.332 e. The molecule has 2 saturated heterocycles. The summed E-state index contributed by atoms with van der Waals surface area (Å²) < 4.78 is 0. The SMILES string of the molecule is CCCCCN(CCCCC)C(=O)N1CC2CCC(C1)N2C(=O)C(c1ccccc1)c1ccccc1. The summed E-state index contributed by atoms with van der Waals surface area (Å²) in [4.78, 5) is 34.0. The minimum atomic E-state index is -0.308. The molecule has 4 rings (SSSR count). The van der Waals surface area contributed by atoms with E-state index in [2.05, 4.69) is 47.9 Å². The van der Waals surface area contributed by atoms with Gasteiger partial charge in [-0.2, -0.15) is 0 Å². The molecule has 5 heteroatoms. The Hall–Kier alpha value is -2.82. The first-order valence-corrected chi connectivity index (χ1v) is 14.1. The maximum atomic E-state index is 14.1. The van der Waals surface area contributed by atoms with Crippen molar-refractivity contribution in [2.75, 3.05) is 26.2 Å². The first-order valence-electron chi connectivity index (χ1n) is 14.1. The number of unbranched alkanes of at least 4 members (excludes halogenated alkanes) is 4. The molecular formula is C31H43N3O2. The van der Waals surface area contributed by atoms with Gasteiger partial charge in [0.05, 0.1) is 5.92 Å². The normalized spacial score (nSPS) is 19.1. The lowest BCUT2D eigenvalue weighted by atomic mass is 9.89. The topological polar surface area (TPSA) is 43.9 Å². The molecule has 2 atom stereocenters. The fourth-order valence-electron chi connectivity index (χ4n) is 5.95. The lowest BCUT2D eigenvalue weighted by molar-refractivity contribution is -0.137. The fourth-order valence-corrected chi connectivity index (χ4v) is 5.95. The second kappa shape index (κ2) is 12.9. The number of rotatable bonds is 11. The Morgan fingerprint density at radius 1 is 0.778 bits per heavy atom. The van der Waals surface area contributed by atoms with E-state index in [1.54, 1.807) is 0 Å². The van der Waals surface area contributed by atoms with Crippen molar-refractivity contribution in [3.63, 3.8) is 0 Å². The summed E-state index contributed by atoms with van der Waals surface area (Å²) in [7, 11) is 0. The number of carbonyl (C=O) groups excluding carboxylic acids is 2. The molecule has 0 N–H and O–H groups in total. The second-order valence-corrected chi connectivity index (χ2v) is 10.5. The Labute approximate surface area is 217 Å². The van der Waals surface area contributed by atoms with Crippen molar-refractivity contribution < 1.29 is 9.59 Å². The summed E-state index contributed by atoms with van der Waals surface area (Å²) in [6.45, 7) is 7.39. The Morgan fingerprint density at radius 3 is 1.69 bits per heavy atom. The van der Waals surface area contributed by atoms with Crippen LogP contribution in [0.4, 0.5) is 4.79 Å². The molecule has 0 radical (unpaired) electrons. The van der Waals surface area contributed by atoms with Crippen LogP contribution < -0.4 is 0 Å². The fraction of sp³-hybridized carbons (Fsp3) is 0.548. The second-order valence-electron chi connectivity index (χ2n) is 10.5. The third kappa shape index (κ3) is 6.11. The van der Waals surface area contributed by atoms with Gasteiger partial charge in [-0.25, -0.2) is 4.79 Å². The van der Waals surface area contributed by atoms with Crippen LogP contribution in [0.25, 0.3) is 0 Å². The van der Waals surface area contributed by atoms with Gasteiger partial charge in [0.25, 0.3) is 0 Å². The van der Waals surface area contributed by atoms with Crippen molar-refractivity contribution in [2.45, 2.75) is 83.2 Å². The van der Waals surface area contributed by atoms with Crippen LogP contribution in [0.3, 0.4) is 0 Å². The zero-order valence-corrected chi connectivity index (χ0v) is 22.1. The minimum absolute atomic E-state index is 0.100. The number of nitrogens with zero attached hydrogens (tertiary/aromatic N) is 3. The quantitative estimate of drug-likeness (QED) is 0.348. The van der Waals surface area contributed by atoms with Crippen molar-refractivity contribution in [3.8, 4) is 0 Å². The lowest BCUT2D eigenvalue weighted by Crippen LogP contribution is -2.60. The molecule has 0 saturated carbocycles. The van der Waals surface area contributed by atoms with E-state index < -0.39 is 0 Å². The average molecular weight is 490 g/mol. The number of hydrogen-bond donors (Lipinski definition) is 0. The molecule has 0 spiro atoms. The number of benzene rings is 2. The minimum Gasteiger partial charge on any atom is -0.332 e. The highest BCUT2D eigenvalue weighted by atomic mass is 16.2. The van der Waals surface area contributed by atoms with Crippen LogP contribution in [-0.4, -0.2) is 64.9 Å². The molecule has 2 heterocycles. The monoisotopic (exact) mass is 489 g/mol. The van der Waals surface area contributed by atoms with Gasteiger partial charge < -0.3 is 14.7 Å². The number of carbonyl (C=O) groups is 2. The molecule has 0 aliphatic carbocycles. The van der Waals surface area contributed by atoms with E-state index in [0.717, 1.165) is 75.6 Å². The van der Waals surface area contributed by atoms with E-state index in [4.69, 9.17) is 0 Å². The van der Waals surface area contributed by atoms with Gasteiger partial charge in [-0.1, -0.05) is 100 Å². The Morgan fingerprint density at radius 2 is 1.25 bits per heavy atom. The molecule has 2 bridgehead atoms. The molecule has 2 aliphatic rings. The van der Waals surface area contributed by atoms with E-state index in [-0.39, 0.29) is 29.9 Å². The maximum Gasteiger partial charge on any atom is 0.320 e. The number of hydrogen-bond acceptors (Lipinski definition) is 2. The highest BCUT2D eigenvalue weighted by Crippen LogP contribution is 2.36.